The van der Waals surface area contributed by atoms with Crippen molar-refractivity contribution >= 4 is 17.7 Å². The van der Waals surface area contributed by atoms with Gasteiger partial charge in [0, 0.05) is 30.0 Å². The van der Waals surface area contributed by atoms with Crippen molar-refractivity contribution in [2.75, 3.05) is 18.5 Å². The Labute approximate surface area is 206 Å². The van der Waals surface area contributed by atoms with Gasteiger partial charge in [0.25, 0.3) is 5.91 Å². The predicted octanol–water partition coefficient (Wildman–Crippen LogP) is 5.69. The Balaban J connectivity index is 1.35. The molecule has 35 heavy (non-hydrogen) atoms. The standard InChI is InChI=1S/C30H30N2O3/c1-21-27(8-5-15-31-21)32-28(33)24-10-12-26-23(18-24)9-11-25-20-30(34-16-17-35-30)14-13-29(25,26)19-22-6-3-2-4-7-22/h2-12,15,18,25H,13-14,16-17,19-20H2,1H3,(H,32,33). The highest BCUT2D eigenvalue weighted by molar-refractivity contribution is 6.05. The van der Waals surface area contributed by atoms with Crippen molar-refractivity contribution in [1.29, 1.82) is 0 Å². The molecule has 1 aromatic heterocycles. The average molecular weight is 467 g/mol. The van der Waals surface area contributed by atoms with Gasteiger partial charge in [-0.25, -0.2) is 0 Å². The molecule has 1 spiro atoms. The minimum atomic E-state index is -0.450. The number of rotatable bonds is 4. The number of amides is 1. The number of aryl methyl sites for hydroxylation is 1. The SMILES string of the molecule is Cc1ncccc1NC(=O)c1ccc2c(c1)C=CC1CC3(CCC21Cc1ccccc1)OCCO3. The molecule has 1 amide bonds. The van der Waals surface area contributed by atoms with Crippen molar-refractivity contribution in [2.24, 2.45) is 5.92 Å². The van der Waals surface area contributed by atoms with Gasteiger partial charge < -0.3 is 14.8 Å². The van der Waals surface area contributed by atoms with E-state index in [1.807, 2.05) is 31.2 Å². The van der Waals surface area contributed by atoms with E-state index in [-0.39, 0.29) is 11.3 Å². The number of carbonyl (C=O) groups excluding carboxylic acids is 1. The van der Waals surface area contributed by atoms with Crippen LogP contribution in [0, 0.1) is 12.8 Å². The molecule has 1 saturated heterocycles. The molecule has 2 unspecified atom stereocenters. The van der Waals surface area contributed by atoms with E-state index >= 15 is 0 Å². The second-order valence-corrected chi connectivity index (χ2v) is 9.99. The number of pyridine rings is 1. The lowest BCUT2D eigenvalue weighted by Gasteiger charge is -2.51. The van der Waals surface area contributed by atoms with Gasteiger partial charge in [-0.1, -0.05) is 48.6 Å². The molecule has 5 nitrogen and oxygen atoms in total. The predicted molar refractivity (Wildman–Crippen MR) is 136 cm³/mol. The maximum atomic E-state index is 13.1. The zero-order valence-corrected chi connectivity index (χ0v) is 20.0. The number of anilines is 1. The monoisotopic (exact) mass is 466 g/mol. The molecule has 1 N–H and O–H groups in total. The van der Waals surface area contributed by atoms with Crippen LogP contribution >= 0.6 is 0 Å². The number of benzene rings is 2. The molecular formula is C30H30N2O3. The van der Waals surface area contributed by atoms with E-state index in [4.69, 9.17) is 9.47 Å². The molecule has 2 heterocycles. The summed E-state index contributed by atoms with van der Waals surface area (Å²) >= 11 is 0. The molecule has 0 radical (unpaired) electrons. The zero-order chi connectivity index (χ0) is 23.9. The van der Waals surface area contributed by atoms with E-state index < -0.39 is 5.79 Å². The first-order chi connectivity index (χ1) is 17.1. The van der Waals surface area contributed by atoms with E-state index in [0.29, 0.717) is 24.7 Å². The number of nitrogens with one attached hydrogen (secondary N) is 1. The molecule has 3 aromatic rings. The smallest absolute Gasteiger partial charge is 0.255 e. The highest BCUT2D eigenvalue weighted by atomic mass is 16.7. The largest absolute Gasteiger partial charge is 0.348 e. The fourth-order valence-corrected chi connectivity index (χ4v) is 6.18. The fraction of sp³-hybridized carbons (Fsp3) is 0.333. The van der Waals surface area contributed by atoms with Crippen LogP contribution in [0.5, 0.6) is 0 Å². The Hall–Kier alpha value is -3.28. The van der Waals surface area contributed by atoms with Crippen LogP contribution in [0.4, 0.5) is 5.69 Å². The van der Waals surface area contributed by atoms with Crippen LogP contribution in [0.1, 0.15) is 52.0 Å². The highest BCUT2D eigenvalue weighted by Gasteiger charge is 2.53. The van der Waals surface area contributed by atoms with E-state index in [0.717, 1.165) is 42.6 Å². The first-order valence-corrected chi connectivity index (χ1v) is 12.4. The lowest BCUT2D eigenvalue weighted by molar-refractivity contribution is -0.194. The summed E-state index contributed by atoms with van der Waals surface area (Å²) in [6.07, 6.45) is 9.90. The maximum absolute atomic E-state index is 13.1. The van der Waals surface area contributed by atoms with Crippen LogP contribution in [0.25, 0.3) is 6.08 Å². The number of hydrogen-bond acceptors (Lipinski definition) is 4. The molecular weight excluding hydrogens is 436 g/mol. The Morgan fingerprint density at radius 1 is 1.06 bits per heavy atom. The topological polar surface area (TPSA) is 60.5 Å². The van der Waals surface area contributed by atoms with Gasteiger partial charge in [0.05, 0.1) is 24.6 Å². The molecule has 1 saturated carbocycles. The van der Waals surface area contributed by atoms with Gasteiger partial charge >= 0.3 is 0 Å². The van der Waals surface area contributed by atoms with Gasteiger partial charge in [0.2, 0.25) is 0 Å². The van der Waals surface area contributed by atoms with Crippen molar-refractivity contribution in [3.8, 4) is 0 Å². The first-order valence-electron chi connectivity index (χ1n) is 12.4. The Kier molecular flexibility index (Phi) is 5.54. The third-order valence-electron chi connectivity index (χ3n) is 7.98. The van der Waals surface area contributed by atoms with Crippen molar-refractivity contribution < 1.29 is 14.3 Å². The van der Waals surface area contributed by atoms with Gasteiger partial charge in [-0.15, -0.1) is 0 Å². The summed E-state index contributed by atoms with van der Waals surface area (Å²) in [5.74, 6) is -0.264. The molecule has 0 bridgehead atoms. The van der Waals surface area contributed by atoms with Gasteiger partial charge in [-0.05, 0) is 66.6 Å². The molecule has 2 atom stereocenters. The third-order valence-corrected chi connectivity index (χ3v) is 7.98. The Bertz CT molecular complexity index is 1280. The molecule has 1 aliphatic heterocycles. The summed E-state index contributed by atoms with van der Waals surface area (Å²) in [5, 5.41) is 3.01. The summed E-state index contributed by atoms with van der Waals surface area (Å²) in [7, 11) is 0. The number of aromatic nitrogens is 1. The quantitative estimate of drug-likeness (QED) is 0.536. The van der Waals surface area contributed by atoms with Crippen molar-refractivity contribution in [2.45, 2.75) is 43.8 Å². The van der Waals surface area contributed by atoms with Gasteiger partial charge in [0.15, 0.2) is 5.79 Å². The normalized spacial score (nSPS) is 24.1. The third kappa shape index (κ3) is 3.99. The van der Waals surface area contributed by atoms with E-state index in [1.165, 1.54) is 11.1 Å². The van der Waals surface area contributed by atoms with Gasteiger partial charge in [-0.3, -0.25) is 9.78 Å². The van der Waals surface area contributed by atoms with Crippen LogP contribution in [-0.4, -0.2) is 29.9 Å². The van der Waals surface area contributed by atoms with Crippen LogP contribution in [0.15, 0.2) is 72.9 Å². The van der Waals surface area contributed by atoms with Crippen molar-refractivity contribution in [1.82, 2.24) is 4.98 Å². The molecule has 2 fully saturated rings. The number of nitrogens with zero attached hydrogens (tertiary/aromatic N) is 1. The fourth-order valence-electron chi connectivity index (χ4n) is 6.18. The first kappa shape index (κ1) is 22.2. The van der Waals surface area contributed by atoms with Crippen LogP contribution in [-0.2, 0) is 21.3 Å². The molecule has 6 rings (SSSR count). The van der Waals surface area contributed by atoms with E-state index in [9.17, 15) is 4.79 Å². The molecule has 5 heteroatoms. The van der Waals surface area contributed by atoms with Crippen molar-refractivity contribution in [3.63, 3.8) is 0 Å². The molecule has 2 aromatic carbocycles. The summed E-state index contributed by atoms with van der Waals surface area (Å²) in [4.78, 5) is 17.4. The van der Waals surface area contributed by atoms with E-state index in [1.54, 1.807) is 6.20 Å². The number of allylic oxidation sites excluding steroid dienone is 1. The zero-order valence-electron chi connectivity index (χ0n) is 20.0. The lowest BCUT2D eigenvalue weighted by Crippen LogP contribution is -2.50. The summed E-state index contributed by atoms with van der Waals surface area (Å²) < 4.78 is 12.2. The van der Waals surface area contributed by atoms with Crippen molar-refractivity contribution in [3.05, 3.63) is 101 Å². The van der Waals surface area contributed by atoms with Crippen LogP contribution in [0.3, 0.4) is 0 Å². The minimum absolute atomic E-state index is 0.0546. The number of carbonyl (C=O) groups is 1. The molecule has 178 valence electrons. The number of fused-ring (bicyclic) bond motifs is 3. The summed E-state index contributed by atoms with van der Waals surface area (Å²) in [6, 6.07) is 20.6. The van der Waals surface area contributed by atoms with E-state index in [2.05, 4.69) is 58.9 Å². The highest BCUT2D eigenvalue weighted by Crippen LogP contribution is 2.54. The lowest BCUT2D eigenvalue weighted by atomic mass is 9.56. The molecule has 3 aliphatic rings. The average Bonchev–Trinajstić information content (AvgIpc) is 3.34. The summed E-state index contributed by atoms with van der Waals surface area (Å²) in [5.41, 5.74) is 5.90. The molecule has 2 aliphatic carbocycles. The number of ether oxygens (including phenoxy) is 2. The summed E-state index contributed by atoms with van der Waals surface area (Å²) in [6.45, 7) is 3.24. The Morgan fingerprint density at radius 2 is 1.89 bits per heavy atom. The maximum Gasteiger partial charge on any atom is 0.255 e. The van der Waals surface area contributed by atoms with Gasteiger partial charge in [0.1, 0.15) is 0 Å². The van der Waals surface area contributed by atoms with Crippen LogP contribution < -0.4 is 5.32 Å². The second kappa shape index (κ2) is 8.74. The minimum Gasteiger partial charge on any atom is -0.348 e. The van der Waals surface area contributed by atoms with Crippen LogP contribution in [0.2, 0.25) is 0 Å². The Morgan fingerprint density at radius 3 is 2.69 bits per heavy atom. The second-order valence-electron chi connectivity index (χ2n) is 9.99. The number of hydrogen-bond donors (Lipinski definition) is 1. The van der Waals surface area contributed by atoms with Gasteiger partial charge in [-0.2, -0.15) is 0 Å².